The van der Waals surface area contributed by atoms with E-state index in [2.05, 4.69) is 10.3 Å². The number of nitrogens with zero attached hydrogens (tertiary/aromatic N) is 2. The molecule has 0 saturated carbocycles. The Bertz CT molecular complexity index is 359. The number of hydrogen-bond donors (Lipinski definition) is 1. The number of pyridine rings is 1. The van der Waals surface area contributed by atoms with Gasteiger partial charge in [0.15, 0.2) is 0 Å². The minimum absolute atomic E-state index is 0.0165. The van der Waals surface area contributed by atoms with Crippen LogP contribution in [0.15, 0.2) is 18.3 Å². The van der Waals surface area contributed by atoms with Crippen LogP contribution in [-0.2, 0) is 9.47 Å². The molecule has 94 valence electrons. The molecule has 0 aromatic carbocycles. The second-order valence-corrected chi connectivity index (χ2v) is 3.19. The van der Waals surface area contributed by atoms with Gasteiger partial charge in [0.1, 0.15) is 5.82 Å². The molecule has 1 aromatic heterocycles. The van der Waals surface area contributed by atoms with Gasteiger partial charge in [0.2, 0.25) is 0 Å². The van der Waals surface area contributed by atoms with Crippen LogP contribution in [0.3, 0.4) is 0 Å². The quantitative estimate of drug-likeness (QED) is 0.416. The van der Waals surface area contributed by atoms with Crippen LogP contribution in [0.2, 0.25) is 0 Å². The summed E-state index contributed by atoms with van der Waals surface area (Å²) < 4.78 is 10.0. The lowest BCUT2D eigenvalue weighted by Crippen LogP contribution is -2.12. The molecule has 1 rings (SSSR count). The Morgan fingerprint density at radius 2 is 2.29 bits per heavy atom. The maximum atomic E-state index is 10.5. The highest BCUT2D eigenvalue weighted by Crippen LogP contribution is 2.13. The highest BCUT2D eigenvalue weighted by molar-refractivity contribution is 5.44. The summed E-state index contributed by atoms with van der Waals surface area (Å²) in [7, 11) is 1.61. The predicted molar refractivity (Wildman–Crippen MR) is 62.1 cm³/mol. The van der Waals surface area contributed by atoms with Crippen LogP contribution >= 0.6 is 0 Å². The van der Waals surface area contributed by atoms with E-state index < -0.39 is 4.92 Å². The third kappa shape index (κ3) is 5.23. The van der Waals surface area contributed by atoms with Crippen molar-refractivity contribution in [3.05, 3.63) is 28.4 Å². The van der Waals surface area contributed by atoms with E-state index >= 15 is 0 Å². The van der Waals surface area contributed by atoms with E-state index in [4.69, 9.17) is 9.47 Å². The zero-order chi connectivity index (χ0) is 12.5. The molecule has 1 aromatic rings. The highest BCUT2D eigenvalue weighted by atomic mass is 16.6. The maximum Gasteiger partial charge on any atom is 0.274 e. The molecule has 7 heteroatoms. The Kier molecular flexibility index (Phi) is 5.91. The van der Waals surface area contributed by atoms with Crippen LogP contribution in [0.4, 0.5) is 11.5 Å². The summed E-state index contributed by atoms with van der Waals surface area (Å²) in [4.78, 5) is 14.0. The monoisotopic (exact) mass is 241 g/mol. The van der Waals surface area contributed by atoms with Gasteiger partial charge in [-0.05, 0) is 0 Å². The topological polar surface area (TPSA) is 86.5 Å². The van der Waals surface area contributed by atoms with E-state index in [1.165, 1.54) is 18.3 Å². The summed E-state index contributed by atoms with van der Waals surface area (Å²) in [6, 6.07) is 2.73. The second kappa shape index (κ2) is 7.53. The van der Waals surface area contributed by atoms with Crippen molar-refractivity contribution in [3.8, 4) is 0 Å². The van der Waals surface area contributed by atoms with Gasteiger partial charge in [0.25, 0.3) is 5.69 Å². The smallest absolute Gasteiger partial charge is 0.274 e. The molecule has 1 heterocycles. The molecule has 0 atom stereocenters. The van der Waals surface area contributed by atoms with Crippen LogP contribution in [0.5, 0.6) is 0 Å². The number of nitro groups is 1. The standard InChI is InChI=1S/C10H15N3O4/c1-16-6-7-17-5-4-12-10-8-9(13(14)15)2-3-11-10/h2-3,8H,4-7H2,1H3,(H,11,12). The first-order chi connectivity index (χ1) is 8.24. The predicted octanol–water partition coefficient (Wildman–Crippen LogP) is 1.06. The first-order valence-electron chi connectivity index (χ1n) is 5.15. The fraction of sp³-hybridized carbons (Fsp3) is 0.500. The number of nitrogens with one attached hydrogen (secondary N) is 1. The lowest BCUT2D eigenvalue weighted by Gasteiger charge is -2.06. The minimum Gasteiger partial charge on any atom is -0.382 e. The van der Waals surface area contributed by atoms with Crippen molar-refractivity contribution in [2.45, 2.75) is 0 Å². The zero-order valence-corrected chi connectivity index (χ0v) is 9.59. The molecule has 1 N–H and O–H groups in total. The normalized spacial score (nSPS) is 10.2. The number of hydrogen-bond acceptors (Lipinski definition) is 6. The molecular formula is C10H15N3O4. The molecule has 17 heavy (non-hydrogen) atoms. The zero-order valence-electron chi connectivity index (χ0n) is 9.59. The van der Waals surface area contributed by atoms with Crippen LogP contribution in [0.25, 0.3) is 0 Å². The molecule has 7 nitrogen and oxygen atoms in total. The van der Waals surface area contributed by atoms with E-state index in [0.29, 0.717) is 32.2 Å². The van der Waals surface area contributed by atoms with Gasteiger partial charge in [-0.15, -0.1) is 0 Å². The fourth-order valence-electron chi connectivity index (χ4n) is 1.13. The second-order valence-electron chi connectivity index (χ2n) is 3.19. The first-order valence-corrected chi connectivity index (χ1v) is 5.15. The van der Waals surface area contributed by atoms with Gasteiger partial charge in [-0.25, -0.2) is 4.98 Å². The van der Waals surface area contributed by atoms with Gasteiger partial charge in [-0.2, -0.15) is 0 Å². The van der Waals surface area contributed by atoms with Gasteiger partial charge >= 0.3 is 0 Å². The van der Waals surface area contributed by atoms with E-state index in [9.17, 15) is 10.1 Å². The van der Waals surface area contributed by atoms with Crippen molar-refractivity contribution < 1.29 is 14.4 Å². The number of aromatic nitrogens is 1. The van der Waals surface area contributed by atoms with Crippen LogP contribution < -0.4 is 5.32 Å². The van der Waals surface area contributed by atoms with Crippen LogP contribution in [0, 0.1) is 10.1 Å². The van der Waals surface area contributed by atoms with Gasteiger partial charge in [0.05, 0.1) is 30.8 Å². The maximum absolute atomic E-state index is 10.5. The Morgan fingerprint density at radius 3 is 3.00 bits per heavy atom. The van der Waals surface area contributed by atoms with Gasteiger partial charge in [-0.3, -0.25) is 10.1 Å². The summed E-state index contributed by atoms with van der Waals surface area (Å²) in [5.41, 5.74) is 0.0165. The Labute approximate surface area is 98.9 Å². The van der Waals surface area contributed by atoms with Crippen LogP contribution in [0.1, 0.15) is 0 Å². The third-order valence-electron chi connectivity index (χ3n) is 1.94. The fourth-order valence-corrected chi connectivity index (χ4v) is 1.13. The lowest BCUT2D eigenvalue weighted by molar-refractivity contribution is -0.384. The molecule has 0 unspecified atom stereocenters. The van der Waals surface area contributed by atoms with E-state index in [1.807, 2.05) is 0 Å². The molecular weight excluding hydrogens is 226 g/mol. The average Bonchev–Trinajstić information content (AvgIpc) is 2.34. The third-order valence-corrected chi connectivity index (χ3v) is 1.94. The molecule has 0 amide bonds. The number of rotatable bonds is 8. The SMILES string of the molecule is COCCOCCNc1cc([N+](=O)[O-])ccn1. The van der Waals surface area contributed by atoms with Crippen molar-refractivity contribution >= 4 is 11.5 Å². The van der Waals surface area contributed by atoms with Crippen LogP contribution in [-0.4, -0.2) is 43.4 Å². The summed E-state index contributed by atoms with van der Waals surface area (Å²) in [5.74, 6) is 0.467. The summed E-state index contributed by atoms with van der Waals surface area (Å²) in [6.45, 7) is 2.11. The number of methoxy groups -OCH3 is 1. The molecule has 0 fully saturated rings. The first kappa shape index (κ1) is 13.3. The molecule has 0 saturated heterocycles. The molecule has 0 spiro atoms. The summed E-state index contributed by atoms with van der Waals surface area (Å²) in [5, 5.41) is 13.4. The molecule has 0 aliphatic heterocycles. The number of ether oxygens (including phenoxy) is 2. The van der Waals surface area contributed by atoms with Gasteiger partial charge < -0.3 is 14.8 Å². The van der Waals surface area contributed by atoms with Crippen molar-refractivity contribution in [3.63, 3.8) is 0 Å². The van der Waals surface area contributed by atoms with Crippen molar-refractivity contribution in [2.24, 2.45) is 0 Å². The van der Waals surface area contributed by atoms with Gasteiger partial charge in [0, 0.05) is 25.9 Å². The molecule has 0 aliphatic rings. The van der Waals surface area contributed by atoms with E-state index in [0.717, 1.165) is 0 Å². The molecule has 0 bridgehead atoms. The average molecular weight is 241 g/mol. The Morgan fingerprint density at radius 1 is 1.47 bits per heavy atom. The largest absolute Gasteiger partial charge is 0.382 e. The molecule has 0 radical (unpaired) electrons. The van der Waals surface area contributed by atoms with Gasteiger partial charge in [-0.1, -0.05) is 0 Å². The summed E-state index contributed by atoms with van der Waals surface area (Å²) >= 11 is 0. The minimum atomic E-state index is -0.456. The Balaban J connectivity index is 2.27. The van der Waals surface area contributed by atoms with Crippen molar-refractivity contribution in [2.75, 3.05) is 38.8 Å². The molecule has 0 aliphatic carbocycles. The highest BCUT2D eigenvalue weighted by Gasteiger charge is 2.05. The van der Waals surface area contributed by atoms with Crippen molar-refractivity contribution in [1.29, 1.82) is 0 Å². The van der Waals surface area contributed by atoms with E-state index in [1.54, 1.807) is 7.11 Å². The van der Waals surface area contributed by atoms with Crippen molar-refractivity contribution in [1.82, 2.24) is 4.98 Å². The Hall–Kier alpha value is -1.73. The number of anilines is 1. The lowest BCUT2D eigenvalue weighted by atomic mass is 10.4. The summed E-state index contributed by atoms with van der Waals surface area (Å²) in [6.07, 6.45) is 1.40. The van der Waals surface area contributed by atoms with E-state index in [-0.39, 0.29) is 5.69 Å².